The first-order valence-corrected chi connectivity index (χ1v) is 9.08. The molecule has 0 bridgehead atoms. The van der Waals surface area contributed by atoms with Crippen molar-refractivity contribution in [1.29, 1.82) is 0 Å². The van der Waals surface area contributed by atoms with Crippen molar-refractivity contribution in [2.45, 2.75) is 39.2 Å². The molecule has 1 aliphatic rings. The van der Waals surface area contributed by atoms with Crippen molar-refractivity contribution in [3.63, 3.8) is 0 Å². The fourth-order valence-corrected chi connectivity index (χ4v) is 3.22. The molecule has 1 saturated heterocycles. The number of halogens is 2. The summed E-state index contributed by atoms with van der Waals surface area (Å²) >= 11 is 12.2. The van der Waals surface area contributed by atoms with Crippen LogP contribution in [0.5, 0.6) is 5.75 Å². The zero-order valence-electron chi connectivity index (χ0n) is 15.2. The van der Waals surface area contributed by atoms with Crippen LogP contribution in [0.15, 0.2) is 18.7 Å². The first kappa shape index (κ1) is 19.9. The van der Waals surface area contributed by atoms with Gasteiger partial charge in [-0.3, -0.25) is 0 Å². The molecule has 25 heavy (non-hydrogen) atoms. The van der Waals surface area contributed by atoms with Crippen LogP contribution < -0.4 is 4.74 Å². The van der Waals surface area contributed by atoms with Gasteiger partial charge in [0.25, 0.3) is 0 Å². The van der Waals surface area contributed by atoms with Gasteiger partial charge in [0.1, 0.15) is 11.4 Å². The van der Waals surface area contributed by atoms with Gasteiger partial charge in [-0.1, -0.05) is 29.8 Å². The fraction of sp³-hybridized carbons (Fsp3) is 0.526. The minimum atomic E-state index is -0.481. The van der Waals surface area contributed by atoms with Crippen molar-refractivity contribution in [2.24, 2.45) is 5.92 Å². The summed E-state index contributed by atoms with van der Waals surface area (Å²) in [6.45, 7) is 11.1. The molecule has 6 heteroatoms. The van der Waals surface area contributed by atoms with Crippen LogP contribution in [0, 0.1) is 5.92 Å². The van der Waals surface area contributed by atoms with Crippen LogP contribution >= 0.6 is 23.2 Å². The van der Waals surface area contributed by atoms with Gasteiger partial charge in [0.05, 0.1) is 17.2 Å². The summed E-state index contributed by atoms with van der Waals surface area (Å²) in [5, 5.41) is 0.930. The quantitative estimate of drug-likeness (QED) is 0.673. The van der Waals surface area contributed by atoms with Gasteiger partial charge in [0.2, 0.25) is 0 Å². The van der Waals surface area contributed by atoms with Crippen molar-refractivity contribution in [3.05, 3.63) is 34.3 Å². The predicted octanol–water partition coefficient (Wildman–Crippen LogP) is 5.66. The van der Waals surface area contributed by atoms with Crippen LogP contribution in [0.4, 0.5) is 4.79 Å². The van der Waals surface area contributed by atoms with E-state index in [2.05, 4.69) is 6.58 Å². The highest BCUT2D eigenvalue weighted by atomic mass is 35.5. The molecule has 4 nitrogen and oxygen atoms in total. The Hall–Kier alpha value is -1.39. The number of piperidine rings is 1. The van der Waals surface area contributed by atoms with Gasteiger partial charge in [0.15, 0.2) is 0 Å². The summed E-state index contributed by atoms with van der Waals surface area (Å²) in [7, 11) is 1.60. The highest BCUT2D eigenvalue weighted by Crippen LogP contribution is 2.39. The molecule has 1 aliphatic heterocycles. The lowest BCUT2D eigenvalue weighted by Crippen LogP contribution is -2.41. The zero-order chi connectivity index (χ0) is 18.8. The number of likely N-dealkylation sites (tertiary alicyclic amines) is 1. The van der Waals surface area contributed by atoms with Crippen LogP contribution in [0.2, 0.25) is 10.0 Å². The van der Waals surface area contributed by atoms with Gasteiger partial charge < -0.3 is 14.4 Å². The van der Waals surface area contributed by atoms with Crippen LogP contribution in [-0.2, 0) is 4.74 Å². The summed E-state index contributed by atoms with van der Waals surface area (Å²) in [4.78, 5) is 13.9. The Bertz CT molecular complexity index is 659. The number of carbonyl (C=O) groups is 1. The van der Waals surface area contributed by atoms with E-state index in [9.17, 15) is 4.79 Å². The SMILES string of the molecule is C=C(c1cc(Cl)c(Cl)cc1OC)C1CCN(C(=O)OC(C)(C)C)CC1. The highest BCUT2D eigenvalue weighted by molar-refractivity contribution is 6.42. The number of methoxy groups -OCH3 is 1. The van der Waals surface area contributed by atoms with E-state index < -0.39 is 5.60 Å². The molecule has 138 valence electrons. The second kappa shape index (κ2) is 7.88. The smallest absolute Gasteiger partial charge is 0.410 e. The lowest BCUT2D eigenvalue weighted by atomic mass is 9.86. The molecule has 0 atom stereocenters. The second-order valence-corrected chi connectivity index (χ2v) is 8.05. The first-order chi connectivity index (χ1) is 11.6. The van der Waals surface area contributed by atoms with E-state index in [1.165, 1.54) is 0 Å². The molecule has 0 aromatic heterocycles. The average Bonchev–Trinajstić information content (AvgIpc) is 2.55. The molecule has 0 unspecified atom stereocenters. The van der Waals surface area contributed by atoms with E-state index in [0.29, 0.717) is 28.9 Å². The zero-order valence-corrected chi connectivity index (χ0v) is 16.7. The molecule has 0 radical (unpaired) electrons. The van der Waals surface area contributed by atoms with Gasteiger partial charge in [-0.2, -0.15) is 0 Å². The van der Waals surface area contributed by atoms with E-state index >= 15 is 0 Å². The molecule has 1 aromatic rings. The molecule has 1 amide bonds. The van der Waals surface area contributed by atoms with Gasteiger partial charge in [0, 0.05) is 24.7 Å². The number of benzene rings is 1. The maximum Gasteiger partial charge on any atom is 0.410 e. The highest BCUT2D eigenvalue weighted by Gasteiger charge is 2.29. The third-order valence-electron chi connectivity index (χ3n) is 4.23. The molecule has 0 spiro atoms. The summed E-state index contributed by atoms with van der Waals surface area (Å²) in [5.74, 6) is 0.916. The standard InChI is InChI=1S/C19H25Cl2NO3/c1-12(14-10-15(20)16(21)11-17(14)24-5)13-6-8-22(9-7-13)18(23)25-19(2,3)4/h10-11,13H,1,6-9H2,2-5H3. The maximum atomic E-state index is 12.2. The second-order valence-electron chi connectivity index (χ2n) is 7.23. The number of ether oxygens (including phenoxy) is 2. The predicted molar refractivity (Wildman–Crippen MR) is 103 cm³/mol. The first-order valence-electron chi connectivity index (χ1n) is 8.32. The Kier molecular flexibility index (Phi) is 6.28. The van der Waals surface area contributed by atoms with Crippen LogP contribution in [-0.4, -0.2) is 36.8 Å². The molecule has 2 rings (SSSR count). The van der Waals surface area contributed by atoms with Gasteiger partial charge in [-0.25, -0.2) is 4.79 Å². The molecule has 0 aliphatic carbocycles. The van der Waals surface area contributed by atoms with E-state index in [1.54, 1.807) is 24.1 Å². The summed E-state index contributed by atoms with van der Waals surface area (Å²) in [5.41, 5.74) is 1.34. The average molecular weight is 386 g/mol. The Labute approximate surface area is 159 Å². The minimum Gasteiger partial charge on any atom is -0.496 e. The van der Waals surface area contributed by atoms with Crippen molar-refractivity contribution in [2.75, 3.05) is 20.2 Å². The number of carbonyl (C=O) groups excluding carboxylic acids is 1. The van der Waals surface area contributed by atoms with Crippen molar-refractivity contribution < 1.29 is 14.3 Å². The summed E-state index contributed by atoms with van der Waals surface area (Å²) < 4.78 is 10.9. The van der Waals surface area contributed by atoms with Gasteiger partial charge in [-0.05, 0) is 51.2 Å². The van der Waals surface area contributed by atoms with Gasteiger partial charge in [-0.15, -0.1) is 0 Å². The van der Waals surface area contributed by atoms with Crippen LogP contribution in [0.25, 0.3) is 5.57 Å². The topological polar surface area (TPSA) is 38.8 Å². The van der Waals surface area contributed by atoms with Gasteiger partial charge >= 0.3 is 6.09 Å². The van der Waals surface area contributed by atoms with Crippen molar-refractivity contribution in [3.8, 4) is 5.75 Å². The molecule has 1 fully saturated rings. The molecular formula is C19H25Cl2NO3. The number of hydrogen-bond donors (Lipinski definition) is 0. The molecule has 1 aromatic carbocycles. The van der Waals surface area contributed by atoms with E-state index in [4.69, 9.17) is 32.7 Å². The minimum absolute atomic E-state index is 0.254. The Morgan fingerprint density at radius 2 is 1.76 bits per heavy atom. The third kappa shape index (κ3) is 5.05. The Morgan fingerprint density at radius 1 is 1.20 bits per heavy atom. The third-order valence-corrected chi connectivity index (χ3v) is 4.95. The maximum absolute atomic E-state index is 12.2. The van der Waals surface area contributed by atoms with Crippen LogP contribution in [0.1, 0.15) is 39.2 Å². The van der Waals surface area contributed by atoms with E-state index in [0.717, 1.165) is 24.0 Å². The van der Waals surface area contributed by atoms with E-state index in [1.807, 2.05) is 20.8 Å². The lowest BCUT2D eigenvalue weighted by Gasteiger charge is -2.34. The monoisotopic (exact) mass is 385 g/mol. The largest absolute Gasteiger partial charge is 0.496 e. The van der Waals surface area contributed by atoms with Crippen molar-refractivity contribution >= 4 is 34.9 Å². The number of nitrogens with zero attached hydrogens (tertiary/aromatic N) is 1. The lowest BCUT2D eigenvalue weighted by molar-refractivity contribution is 0.0199. The molecule has 1 heterocycles. The molecular weight excluding hydrogens is 361 g/mol. The Morgan fingerprint density at radius 3 is 2.28 bits per heavy atom. The summed E-state index contributed by atoms with van der Waals surface area (Å²) in [6.07, 6.45) is 1.38. The van der Waals surface area contributed by atoms with Crippen LogP contribution in [0.3, 0.4) is 0 Å². The van der Waals surface area contributed by atoms with E-state index in [-0.39, 0.29) is 12.0 Å². The summed E-state index contributed by atoms with van der Waals surface area (Å²) in [6, 6.07) is 3.51. The number of allylic oxidation sites excluding steroid dienone is 1. The number of hydrogen-bond acceptors (Lipinski definition) is 3. The van der Waals surface area contributed by atoms with Crippen molar-refractivity contribution in [1.82, 2.24) is 4.90 Å². The normalized spacial score (nSPS) is 15.8. The molecule has 0 N–H and O–H groups in total. The number of rotatable bonds is 3. The Balaban J connectivity index is 2.05. The molecule has 0 saturated carbocycles. The number of amides is 1. The fourth-order valence-electron chi connectivity index (χ4n) is 2.91.